The summed E-state index contributed by atoms with van der Waals surface area (Å²) in [5.74, 6) is -0.219. The van der Waals surface area contributed by atoms with Crippen molar-refractivity contribution in [3.05, 3.63) is 0 Å². The number of piperidine rings is 1. The summed E-state index contributed by atoms with van der Waals surface area (Å²) in [6.45, 7) is 2.40. The Kier molecular flexibility index (Phi) is 5.09. The molecule has 0 bridgehead atoms. The molecule has 2 unspecified atom stereocenters. The Morgan fingerprint density at radius 3 is 2.45 bits per heavy atom. The lowest BCUT2D eigenvalue weighted by Gasteiger charge is -2.33. The molecule has 2 aliphatic heterocycles. The molecule has 0 radical (unpaired) electrons. The minimum atomic E-state index is -3.47. The van der Waals surface area contributed by atoms with Crippen molar-refractivity contribution >= 4 is 19.9 Å². The fourth-order valence-electron chi connectivity index (χ4n) is 3.16. The molecule has 2 saturated heterocycles. The van der Waals surface area contributed by atoms with Crippen LogP contribution in [0.4, 0.5) is 0 Å². The topological polar surface area (TPSA) is 83.5 Å². The zero-order valence-corrected chi connectivity index (χ0v) is 13.5. The smallest absolute Gasteiger partial charge is 0.215 e. The lowest BCUT2D eigenvalue weighted by atomic mass is 9.91. The molecule has 0 aromatic rings. The molecule has 2 heterocycles. The van der Waals surface area contributed by atoms with Crippen molar-refractivity contribution in [1.82, 2.24) is 9.62 Å². The van der Waals surface area contributed by atoms with Gasteiger partial charge in [0.15, 0.2) is 0 Å². The van der Waals surface area contributed by atoms with E-state index in [1.807, 2.05) is 0 Å². The first-order chi connectivity index (χ1) is 9.30. The van der Waals surface area contributed by atoms with Gasteiger partial charge in [-0.2, -0.15) is 4.31 Å². The Balaban J connectivity index is 2.05. The highest BCUT2D eigenvalue weighted by atomic mass is 32.2. The summed E-state index contributed by atoms with van der Waals surface area (Å²) in [4.78, 5) is 0. The van der Waals surface area contributed by atoms with Crippen molar-refractivity contribution < 1.29 is 16.8 Å². The molecular weight excluding hydrogens is 300 g/mol. The number of hydrogen-bond acceptors (Lipinski definition) is 5. The van der Waals surface area contributed by atoms with Crippen molar-refractivity contribution in [2.24, 2.45) is 5.92 Å². The summed E-state index contributed by atoms with van der Waals surface area (Å²) >= 11 is 0. The maximum atomic E-state index is 12.4. The summed E-state index contributed by atoms with van der Waals surface area (Å²) in [6.07, 6.45) is 4.98. The van der Waals surface area contributed by atoms with Crippen LogP contribution >= 0.6 is 0 Å². The molecule has 0 spiro atoms. The first kappa shape index (κ1) is 16.2. The Morgan fingerprint density at radius 2 is 1.85 bits per heavy atom. The van der Waals surface area contributed by atoms with E-state index in [2.05, 4.69) is 5.32 Å². The molecule has 2 rings (SSSR count). The highest BCUT2D eigenvalue weighted by molar-refractivity contribution is 7.93. The van der Waals surface area contributed by atoms with Gasteiger partial charge in [-0.3, -0.25) is 0 Å². The summed E-state index contributed by atoms with van der Waals surface area (Å²) in [5, 5.41) is 3.32. The lowest BCUT2D eigenvalue weighted by molar-refractivity contribution is 0.239. The van der Waals surface area contributed by atoms with Crippen molar-refractivity contribution in [1.29, 1.82) is 0 Å². The highest BCUT2D eigenvalue weighted by Gasteiger charge is 2.39. The second kappa shape index (κ2) is 6.29. The van der Waals surface area contributed by atoms with Gasteiger partial charge in [0.05, 0.1) is 11.5 Å². The third kappa shape index (κ3) is 4.16. The van der Waals surface area contributed by atoms with Crippen molar-refractivity contribution in [3.63, 3.8) is 0 Å². The van der Waals surface area contributed by atoms with Gasteiger partial charge in [-0.25, -0.2) is 16.8 Å². The first-order valence-corrected chi connectivity index (χ1v) is 10.8. The molecule has 0 aromatic carbocycles. The van der Waals surface area contributed by atoms with Gasteiger partial charge in [0.1, 0.15) is 9.84 Å². The highest BCUT2D eigenvalue weighted by Crippen LogP contribution is 2.30. The van der Waals surface area contributed by atoms with E-state index in [0.717, 1.165) is 45.0 Å². The number of nitrogens with one attached hydrogen (secondary N) is 1. The van der Waals surface area contributed by atoms with Crippen molar-refractivity contribution in [2.45, 2.75) is 31.7 Å². The zero-order valence-electron chi connectivity index (χ0n) is 11.9. The van der Waals surface area contributed by atoms with E-state index in [0.29, 0.717) is 12.5 Å². The van der Waals surface area contributed by atoms with E-state index < -0.39 is 19.9 Å². The van der Waals surface area contributed by atoms with Gasteiger partial charge in [0.2, 0.25) is 10.0 Å². The van der Waals surface area contributed by atoms with Gasteiger partial charge in [-0.05, 0) is 44.7 Å². The average molecular weight is 324 g/mol. The second-order valence-electron chi connectivity index (χ2n) is 5.87. The number of sulfone groups is 1. The SMILES string of the molecule is CS(=O)(=O)CCS(=O)(=O)N1CCCC1C1CCCNC1. The maximum Gasteiger partial charge on any atom is 0.215 e. The van der Waals surface area contributed by atoms with Crippen LogP contribution < -0.4 is 5.32 Å². The largest absolute Gasteiger partial charge is 0.316 e. The molecule has 20 heavy (non-hydrogen) atoms. The van der Waals surface area contributed by atoms with E-state index in [1.165, 1.54) is 0 Å². The molecule has 0 aromatic heterocycles. The molecule has 1 N–H and O–H groups in total. The maximum absolute atomic E-state index is 12.4. The standard InChI is InChI=1S/C12H24N2O4S2/c1-19(15,16)8-9-20(17,18)14-7-3-5-12(14)11-4-2-6-13-10-11/h11-13H,2-10H2,1H3. The van der Waals surface area contributed by atoms with Crippen LogP contribution in [0.1, 0.15) is 25.7 Å². The van der Waals surface area contributed by atoms with E-state index >= 15 is 0 Å². The summed E-state index contributed by atoms with van der Waals surface area (Å²) in [6, 6.07) is 0.0485. The summed E-state index contributed by atoms with van der Waals surface area (Å²) in [7, 11) is -6.71. The van der Waals surface area contributed by atoms with Crippen LogP contribution in [-0.2, 0) is 19.9 Å². The molecular formula is C12H24N2O4S2. The molecule has 2 aliphatic rings. The van der Waals surface area contributed by atoms with E-state index in [9.17, 15) is 16.8 Å². The summed E-state index contributed by atoms with van der Waals surface area (Å²) < 4.78 is 48.7. The van der Waals surface area contributed by atoms with Crippen LogP contribution in [-0.4, -0.2) is 64.6 Å². The minimum absolute atomic E-state index is 0.0485. The van der Waals surface area contributed by atoms with Gasteiger partial charge < -0.3 is 5.32 Å². The fraction of sp³-hybridized carbons (Fsp3) is 1.00. The van der Waals surface area contributed by atoms with Gasteiger partial charge in [-0.1, -0.05) is 0 Å². The number of hydrogen-bond donors (Lipinski definition) is 1. The molecule has 0 amide bonds. The Hall–Kier alpha value is -0.180. The third-order valence-corrected chi connectivity index (χ3v) is 7.29. The average Bonchev–Trinajstić information content (AvgIpc) is 2.87. The van der Waals surface area contributed by atoms with E-state index in [1.54, 1.807) is 4.31 Å². The monoisotopic (exact) mass is 324 g/mol. The van der Waals surface area contributed by atoms with E-state index in [4.69, 9.17) is 0 Å². The Bertz CT molecular complexity index is 524. The van der Waals surface area contributed by atoms with E-state index in [-0.39, 0.29) is 17.5 Å². The van der Waals surface area contributed by atoms with Crippen LogP contribution in [0.3, 0.4) is 0 Å². The molecule has 0 aliphatic carbocycles. The summed E-state index contributed by atoms with van der Waals surface area (Å²) in [5.41, 5.74) is 0. The molecule has 8 heteroatoms. The predicted octanol–water partition coefficient (Wildman–Crippen LogP) is -0.175. The fourth-order valence-corrected chi connectivity index (χ4v) is 6.55. The van der Waals surface area contributed by atoms with Gasteiger partial charge in [-0.15, -0.1) is 0 Å². The molecule has 2 fully saturated rings. The first-order valence-electron chi connectivity index (χ1n) is 7.17. The number of rotatable bonds is 5. The van der Waals surface area contributed by atoms with Gasteiger partial charge in [0, 0.05) is 18.8 Å². The minimum Gasteiger partial charge on any atom is -0.316 e. The van der Waals surface area contributed by atoms with Gasteiger partial charge >= 0.3 is 0 Å². The lowest BCUT2D eigenvalue weighted by Crippen LogP contribution is -2.46. The number of sulfonamides is 1. The molecule has 6 nitrogen and oxygen atoms in total. The second-order valence-corrected chi connectivity index (χ2v) is 10.2. The molecule has 2 atom stereocenters. The normalized spacial score (nSPS) is 29.6. The van der Waals surface area contributed by atoms with Crippen molar-refractivity contribution in [2.75, 3.05) is 37.4 Å². The van der Waals surface area contributed by atoms with Crippen LogP contribution in [0.5, 0.6) is 0 Å². The van der Waals surface area contributed by atoms with Crippen LogP contribution in [0.15, 0.2) is 0 Å². The predicted molar refractivity (Wildman–Crippen MR) is 78.8 cm³/mol. The Labute approximate surface area is 121 Å². The van der Waals surface area contributed by atoms with Gasteiger partial charge in [0.25, 0.3) is 0 Å². The Morgan fingerprint density at radius 1 is 1.10 bits per heavy atom. The molecule has 0 saturated carbocycles. The van der Waals surface area contributed by atoms with Crippen LogP contribution in [0, 0.1) is 5.92 Å². The third-order valence-electron chi connectivity index (χ3n) is 4.20. The molecule has 118 valence electrons. The quantitative estimate of drug-likeness (QED) is 0.759. The zero-order chi connectivity index (χ0) is 14.8. The van der Waals surface area contributed by atoms with Crippen LogP contribution in [0.2, 0.25) is 0 Å². The van der Waals surface area contributed by atoms with Crippen LogP contribution in [0.25, 0.3) is 0 Å². The number of nitrogens with zero attached hydrogens (tertiary/aromatic N) is 1. The van der Waals surface area contributed by atoms with Crippen molar-refractivity contribution in [3.8, 4) is 0 Å².